The first-order valence-corrected chi connectivity index (χ1v) is 11.5. The molecule has 1 N–H and O–H groups in total. The van der Waals surface area contributed by atoms with Gasteiger partial charge in [-0.05, 0) is 56.7 Å². The topological polar surface area (TPSA) is 76.2 Å². The van der Waals surface area contributed by atoms with E-state index in [1.165, 1.54) is 23.1 Å². The van der Waals surface area contributed by atoms with Crippen LogP contribution in [-0.4, -0.2) is 44.9 Å². The van der Waals surface area contributed by atoms with Crippen molar-refractivity contribution in [2.75, 3.05) is 13.1 Å². The summed E-state index contributed by atoms with van der Waals surface area (Å²) in [5.41, 5.74) is 3.06. The lowest BCUT2D eigenvalue weighted by molar-refractivity contribution is 0.00469. The summed E-state index contributed by atoms with van der Waals surface area (Å²) in [5, 5.41) is 11.9. The van der Waals surface area contributed by atoms with Crippen molar-refractivity contribution >= 4 is 17.5 Å². The second-order valence-electron chi connectivity index (χ2n) is 9.30. The van der Waals surface area contributed by atoms with Crippen LogP contribution in [0.25, 0.3) is 11.4 Å². The minimum atomic E-state index is -0.194. The molecule has 1 saturated heterocycles. The largest absolute Gasteiger partial charge is 0.361 e. The summed E-state index contributed by atoms with van der Waals surface area (Å²) in [6, 6.07) is 12.6. The highest BCUT2D eigenvalue weighted by Gasteiger charge is 2.46. The van der Waals surface area contributed by atoms with Gasteiger partial charge < -0.3 is 9.84 Å². The highest BCUT2D eigenvalue weighted by Crippen LogP contribution is 2.49. The van der Waals surface area contributed by atoms with Crippen molar-refractivity contribution in [1.82, 2.24) is 25.2 Å². The highest BCUT2D eigenvalue weighted by molar-refractivity contribution is 6.33. The molecule has 3 aromatic rings. The third-order valence-corrected chi connectivity index (χ3v) is 7.37. The van der Waals surface area contributed by atoms with E-state index >= 15 is 0 Å². The van der Waals surface area contributed by atoms with Crippen molar-refractivity contribution in [3.63, 3.8) is 0 Å². The molecule has 3 heterocycles. The maximum absolute atomic E-state index is 13.1. The first kappa shape index (κ1) is 21.2. The number of nitrogens with one attached hydrogen (secondary N) is 1. The number of rotatable bonds is 5. The molecule has 1 aromatic carbocycles. The van der Waals surface area contributed by atoms with Crippen LogP contribution in [0.1, 0.15) is 47.4 Å². The van der Waals surface area contributed by atoms with Crippen LogP contribution in [-0.2, 0) is 13.6 Å². The van der Waals surface area contributed by atoms with Crippen molar-refractivity contribution < 1.29 is 9.32 Å². The summed E-state index contributed by atoms with van der Waals surface area (Å²) in [6.45, 7) is 5.04. The summed E-state index contributed by atoms with van der Waals surface area (Å²) in [7, 11) is 1.72. The Kier molecular flexibility index (Phi) is 5.55. The van der Waals surface area contributed by atoms with Gasteiger partial charge in [0.1, 0.15) is 27.9 Å². The fraction of sp³-hybridized carbons (Fsp3) is 0.458. The molecule has 0 radical (unpaired) electrons. The van der Waals surface area contributed by atoms with E-state index in [9.17, 15) is 4.79 Å². The van der Waals surface area contributed by atoms with Crippen molar-refractivity contribution in [2.24, 2.45) is 12.5 Å². The maximum Gasteiger partial charge on any atom is 0.256 e. The predicted molar refractivity (Wildman–Crippen MR) is 122 cm³/mol. The summed E-state index contributed by atoms with van der Waals surface area (Å²) in [4.78, 5) is 15.6. The van der Waals surface area contributed by atoms with Crippen LogP contribution in [0.3, 0.4) is 0 Å². The molecule has 1 aliphatic heterocycles. The van der Waals surface area contributed by atoms with Gasteiger partial charge in [0.25, 0.3) is 5.91 Å². The molecule has 2 fully saturated rings. The second-order valence-corrected chi connectivity index (χ2v) is 9.66. The van der Waals surface area contributed by atoms with Crippen molar-refractivity contribution in [3.8, 4) is 11.4 Å². The molecule has 168 valence electrons. The first-order valence-electron chi connectivity index (χ1n) is 11.2. The lowest BCUT2D eigenvalue weighted by Gasteiger charge is -2.52. The van der Waals surface area contributed by atoms with Crippen LogP contribution in [0.15, 0.2) is 40.9 Å². The molecule has 8 heteroatoms. The van der Waals surface area contributed by atoms with Crippen molar-refractivity contribution in [2.45, 2.75) is 45.2 Å². The van der Waals surface area contributed by atoms with Crippen LogP contribution in [0.4, 0.5) is 0 Å². The van der Waals surface area contributed by atoms with Gasteiger partial charge in [-0.1, -0.05) is 47.1 Å². The third-order valence-electron chi connectivity index (χ3n) is 6.93. The van der Waals surface area contributed by atoms with Gasteiger partial charge in [0.2, 0.25) is 0 Å². The number of aryl methyl sites for hydroxylation is 2. The van der Waals surface area contributed by atoms with Crippen LogP contribution >= 0.6 is 11.6 Å². The third kappa shape index (κ3) is 4.07. The Morgan fingerprint density at radius 3 is 2.62 bits per heavy atom. The van der Waals surface area contributed by atoms with E-state index in [0.29, 0.717) is 33.3 Å². The van der Waals surface area contributed by atoms with Gasteiger partial charge >= 0.3 is 0 Å². The molecule has 7 nitrogen and oxygen atoms in total. The first-order chi connectivity index (χ1) is 15.4. The number of hydrogen-bond acceptors (Lipinski definition) is 5. The van der Waals surface area contributed by atoms with Gasteiger partial charge in [0, 0.05) is 25.7 Å². The summed E-state index contributed by atoms with van der Waals surface area (Å²) in [5.74, 6) is 0.466. The number of benzene rings is 1. The lowest BCUT2D eigenvalue weighted by Crippen LogP contribution is -2.54. The lowest BCUT2D eigenvalue weighted by atomic mass is 9.60. The van der Waals surface area contributed by atoms with E-state index in [1.54, 1.807) is 20.0 Å². The number of likely N-dealkylation sites (tertiary alicyclic amines) is 1. The molecule has 2 aromatic heterocycles. The Balaban J connectivity index is 1.18. The van der Waals surface area contributed by atoms with Crippen LogP contribution in [0.5, 0.6) is 0 Å². The molecule has 0 bridgehead atoms. The number of piperidine rings is 1. The quantitative estimate of drug-likeness (QED) is 0.626. The summed E-state index contributed by atoms with van der Waals surface area (Å²) >= 11 is 6.41. The minimum absolute atomic E-state index is 0.173. The molecule has 0 atom stereocenters. The van der Waals surface area contributed by atoms with Gasteiger partial charge in [-0.25, -0.2) is 0 Å². The zero-order chi connectivity index (χ0) is 22.3. The number of carbonyl (C=O) groups is 1. The van der Waals surface area contributed by atoms with Crippen LogP contribution < -0.4 is 5.32 Å². The number of amides is 1. The zero-order valence-corrected chi connectivity index (χ0v) is 19.2. The van der Waals surface area contributed by atoms with Crippen molar-refractivity contribution in [3.05, 3.63) is 58.4 Å². The molecule has 32 heavy (non-hydrogen) atoms. The van der Waals surface area contributed by atoms with Gasteiger partial charge in [-0.3, -0.25) is 14.4 Å². The van der Waals surface area contributed by atoms with E-state index in [1.807, 2.05) is 0 Å². The summed E-state index contributed by atoms with van der Waals surface area (Å²) in [6.07, 6.45) is 4.41. The predicted octanol–water partition coefficient (Wildman–Crippen LogP) is 4.21. The number of aromatic nitrogens is 3. The molecule has 1 saturated carbocycles. The van der Waals surface area contributed by atoms with E-state index in [4.69, 9.17) is 16.1 Å². The maximum atomic E-state index is 13.1. The number of hydrogen-bond donors (Lipinski definition) is 1. The Morgan fingerprint density at radius 1 is 1.25 bits per heavy atom. The van der Waals surface area contributed by atoms with Gasteiger partial charge in [-0.15, -0.1) is 0 Å². The zero-order valence-electron chi connectivity index (χ0n) is 18.5. The van der Waals surface area contributed by atoms with Gasteiger partial charge in [0.05, 0.1) is 0 Å². The average Bonchev–Trinajstić information content (AvgIpc) is 3.32. The standard InChI is InChI=1S/C24H28ClN5O2/c1-16-12-19(28-32-16)21-20(22(25)29(2)27-21)23(31)26-18-13-24(14-18)8-10-30(11-9-24)15-17-6-4-3-5-7-17/h3-7,12,18H,8-11,13-15H2,1-2H3,(H,26,31). The average molecular weight is 454 g/mol. The van der Waals surface area contributed by atoms with E-state index in [2.05, 4.69) is 50.8 Å². The number of carbonyl (C=O) groups excluding carboxylic acids is 1. The van der Waals surface area contributed by atoms with E-state index < -0.39 is 0 Å². The minimum Gasteiger partial charge on any atom is -0.361 e. The molecular formula is C24H28ClN5O2. The van der Waals surface area contributed by atoms with E-state index in [-0.39, 0.29) is 11.9 Å². The number of halogens is 1. The molecule has 1 aliphatic carbocycles. The highest BCUT2D eigenvalue weighted by atomic mass is 35.5. The smallest absolute Gasteiger partial charge is 0.256 e. The molecule has 1 spiro atoms. The molecule has 5 rings (SSSR count). The monoisotopic (exact) mass is 453 g/mol. The van der Waals surface area contributed by atoms with Gasteiger partial charge in [0.15, 0.2) is 0 Å². The van der Waals surface area contributed by atoms with Crippen LogP contribution in [0.2, 0.25) is 5.15 Å². The number of nitrogens with zero attached hydrogens (tertiary/aromatic N) is 4. The molecule has 2 aliphatic rings. The van der Waals surface area contributed by atoms with E-state index in [0.717, 1.165) is 32.5 Å². The Labute approximate surface area is 192 Å². The Bertz CT molecular complexity index is 1110. The SMILES string of the molecule is Cc1cc(-c2nn(C)c(Cl)c2C(=O)NC2CC3(CCN(Cc4ccccc4)CC3)C2)no1. The normalized spacial score (nSPS) is 18.6. The Morgan fingerprint density at radius 2 is 1.97 bits per heavy atom. The fourth-order valence-electron chi connectivity index (χ4n) is 5.14. The van der Waals surface area contributed by atoms with Gasteiger partial charge in [-0.2, -0.15) is 5.10 Å². The second kappa shape index (κ2) is 8.37. The molecule has 0 unspecified atom stereocenters. The fourth-order valence-corrected chi connectivity index (χ4v) is 5.36. The Hall–Kier alpha value is -2.64. The van der Waals surface area contributed by atoms with Crippen molar-refractivity contribution in [1.29, 1.82) is 0 Å². The van der Waals surface area contributed by atoms with Crippen LogP contribution in [0, 0.1) is 12.3 Å². The molecule has 1 amide bonds. The molecular weight excluding hydrogens is 426 g/mol. The summed E-state index contributed by atoms with van der Waals surface area (Å²) < 4.78 is 6.66.